The molecule has 0 atom stereocenters. The van der Waals surface area contributed by atoms with Gasteiger partial charge >= 0.3 is 0 Å². The van der Waals surface area contributed by atoms with Crippen LogP contribution in [0.3, 0.4) is 0 Å². The molecule has 0 radical (unpaired) electrons. The van der Waals surface area contributed by atoms with Gasteiger partial charge in [0, 0.05) is 39.4 Å². The number of para-hydroxylation sites is 1. The van der Waals surface area contributed by atoms with Gasteiger partial charge in [-0.05, 0) is 12.1 Å². The highest BCUT2D eigenvalue weighted by atomic mass is 16.5. The van der Waals surface area contributed by atoms with Crippen LogP contribution in [0.5, 0.6) is 5.75 Å². The van der Waals surface area contributed by atoms with Gasteiger partial charge in [-0.2, -0.15) is 5.10 Å². The number of aliphatic imine (C=N–C) groups is 1. The first-order chi connectivity index (χ1) is 10.7. The van der Waals surface area contributed by atoms with Crippen LogP contribution >= 0.6 is 0 Å². The Balaban J connectivity index is 2.00. The van der Waals surface area contributed by atoms with E-state index in [0.717, 1.165) is 29.5 Å². The van der Waals surface area contributed by atoms with E-state index in [0.29, 0.717) is 6.54 Å². The number of aryl methyl sites for hydroxylation is 1. The lowest BCUT2D eigenvalue weighted by atomic mass is 10.2. The summed E-state index contributed by atoms with van der Waals surface area (Å²) >= 11 is 0. The summed E-state index contributed by atoms with van der Waals surface area (Å²) in [4.78, 5) is 6.39. The lowest BCUT2D eigenvalue weighted by Gasteiger charge is -2.23. The minimum absolute atomic E-state index is 0.680. The molecule has 0 aliphatic carbocycles. The second-order valence-corrected chi connectivity index (χ2v) is 5.01. The van der Waals surface area contributed by atoms with Crippen LogP contribution in [0, 0.1) is 0 Å². The monoisotopic (exact) mass is 301 g/mol. The molecule has 1 heterocycles. The number of methoxy groups -OCH3 is 1. The van der Waals surface area contributed by atoms with Crippen LogP contribution in [-0.4, -0.2) is 41.8 Å². The topological polar surface area (TPSA) is 54.7 Å². The van der Waals surface area contributed by atoms with Gasteiger partial charge in [-0.15, -0.1) is 0 Å². The SMILES string of the molecule is CN=C(NCc1ccnn1C)N(C)Cc1ccccc1OC. The number of aromatic nitrogens is 2. The number of hydrogen-bond donors (Lipinski definition) is 1. The molecule has 0 amide bonds. The van der Waals surface area contributed by atoms with Crippen molar-refractivity contribution in [1.82, 2.24) is 20.0 Å². The van der Waals surface area contributed by atoms with Crippen molar-refractivity contribution in [3.8, 4) is 5.75 Å². The second-order valence-electron chi connectivity index (χ2n) is 5.01. The molecule has 2 aromatic rings. The van der Waals surface area contributed by atoms with Gasteiger partial charge in [-0.3, -0.25) is 9.67 Å². The van der Waals surface area contributed by atoms with Gasteiger partial charge in [-0.1, -0.05) is 18.2 Å². The van der Waals surface area contributed by atoms with Crippen LogP contribution in [0.25, 0.3) is 0 Å². The third kappa shape index (κ3) is 3.78. The quantitative estimate of drug-likeness (QED) is 0.674. The van der Waals surface area contributed by atoms with E-state index in [-0.39, 0.29) is 0 Å². The summed E-state index contributed by atoms with van der Waals surface area (Å²) in [5, 5.41) is 7.51. The molecule has 0 aliphatic heterocycles. The molecule has 0 bridgehead atoms. The zero-order valence-electron chi connectivity index (χ0n) is 13.6. The average molecular weight is 301 g/mol. The van der Waals surface area contributed by atoms with E-state index in [2.05, 4.69) is 26.4 Å². The largest absolute Gasteiger partial charge is 0.496 e. The van der Waals surface area contributed by atoms with Crippen molar-refractivity contribution in [2.75, 3.05) is 21.2 Å². The van der Waals surface area contributed by atoms with Crippen molar-refractivity contribution in [3.05, 3.63) is 47.8 Å². The molecule has 2 rings (SSSR count). The molecule has 1 aromatic heterocycles. The van der Waals surface area contributed by atoms with E-state index in [9.17, 15) is 0 Å². The highest BCUT2D eigenvalue weighted by Gasteiger charge is 2.10. The van der Waals surface area contributed by atoms with Gasteiger partial charge < -0.3 is 15.0 Å². The van der Waals surface area contributed by atoms with E-state index >= 15 is 0 Å². The smallest absolute Gasteiger partial charge is 0.194 e. The Kier molecular flexibility index (Phi) is 5.41. The molecule has 0 spiro atoms. The summed E-state index contributed by atoms with van der Waals surface area (Å²) in [6.07, 6.45) is 1.79. The Hall–Kier alpha value is -2.50. The van der Waals surface area contributed by atoms with Crippen molar-refractivity contribution in [1.29, 1.82) is 0 Å². The maximum absolute atomic E-state index is 5.40. The van der Waals surface area contributed by atoms with E-state index < -0.39 is 0 Å². The summed E-state index contributed by atoms with van der Waals surface area (Å²) in [6.45, 7) is 1.40. The summed E-state index contributed by atoms with van der Waals surface area (Å²) < 4.78 is 7.24. The number of ether oxygens (including phenoxy) is 1. The van der Waals surface area contributed by atoms with E-state index in [1.54, 1.807) is 20.4 Å². The van der Waals surface area contributed by atoms with Crippen molar-refractivity contribution < 1.29 is 4.74 Å². The molecule has 1 N–H and O–H groups in total. The Morgan fingerprint density at radius 1 is 1.36 bits per heavy atom. The van der Waals surface area contributed by atoms with Crippen LogP contribution in [-0.2, 0) is 20.1 Å². The first-order valence-electron chi connectivity index (χ1n) is 7.16. The molecule has 0 saturated carbocycles. The predicted molar refractivity (Wildman–Crippen MR) is 87.9 cm³/mol. The summed E-state index contributed by atoms with van der Waals surface area (Å²) in [6, 6.07) is 9.99. The molecular weight excluding hydrogens is 278 g/mol. The lowest BCUT2D eigenvalue weighted by molar-refractivity contribution is 0.396. The van der Waals surface area contributed by atoms with Crippen molar-refractivity contribution in [2.24, 2.45) is 12.0 Å². The zero-order chi connectivity index (χ0) is 15.9. The first-order valence-corrected chi connectivity index (χ1v) is 7.16. The Morgan fingerprint density at radius 3 is 2.77 bits per heavy atom. The Morgan fingerprint density at radius 2 is 2.14 bits per heavy atom. The molecule has 0 unspecified atom stereocenters. The molecule has 22 heavy (non-hydrogen) atoms. The summed E-state index contributed by atoms with van der Waals surface area (Å²) in [5.74, 6) is 1.71. The molecular formula is C16H23N5O. The molecule has 6 nitrogen and oxygen atoms in total. The van der Waals surface area contributed by atoms with E-state index in [4.69, 9.17) is 4.74 Å². The van der Waals surface area contributed by atoms with Gasteiger partial charge in [0.1, 0.15) is 5.75 Å². The molecule has 0 fully saturated rings. The minimum Gasteiger partial charge on any atom is -0.496 e. The number of benzene rings is 1. The maximum Gasteiger partial charge on any atom is 0.194 e. The van der Waals surface area contributed by atoms with Crippen LogP contribution in [0.1, 0.15) is 11.3 Å². The number of nitrogens with one attached hydrogen (secondary N) is 1. The van der Waals surface area contributed by atoms with Crippen LogP contribution in [0.15, 0.2) is 41.5 Å². The number of guanidine groups is 1. The highest BCUT2D eigenvalue weighted by molar-refractivity contribution is 5.79. The van der Waals surface area contributed by atoms with Gasteiger partial charge in [-0.25, -0.2) is 0 Å². The fourth-order valence-electron chi connectivity index (χ4n) is 2.29. The summed E-state index contributed by atoms with van der Waals surface area (Å²) in [7, 11) is 7.40. The third-order valence-electron chi connectivity index (χ3n) is 3.52. The average Bonchev–Trinajstić information content (AvgIpc) is 2.94. The molecule has 0 aliphatic rings. The van der Waals surface area contributed by atoms with E-state index in [1.807, 2.05) is 43.0 Å². The fraction of sp³-hybridized carbons (Fsp3) is 0.375. The van der Waals surface area contributed by atoms with Crippen LogP contribution in [0.4, 0.5) is 0 Å². The second kappa shape index (κ2) is 7.49. The molecule has 0 saturated heterocycles. The Bertz CT molecular complexity index is 635. The van der Waals surface area contributed by atoms with Gasteiger partial charge in [0.15, 0.2) is 5.96 Å². The predicted octanol–water partition coefficient (Wildman–Crippen LogP) is 1.64. The Labute approximate surface area is 131 Å². The maximum atomic E-state index is 5.40. The van der Waals surface area contributed by atoms with Crippen molar-refractivity contribution in [2.45, 2.75) is 13.1 Å². The van der Waals surface area contributed by atoms with E-state index in [1.165, 1.54) is 0 Å². The number of hydrogen-bond acceptors (Lipinski definition) is 3. The fourth-order valence-corrected chi connectivity index (χ4v) is 2.29. The van der Waals surface area contributed by atoms with Crippen LogP contribution in [0.2, 0.25) is 0 Å². The van der Waals surface area contributed by atoms with Gasteiger partial charge in [0.05, 0.1) is 19.3 Å². The van der Waals surface area contributed by atoms with Crippen molar-refractivity contribution in [3.63, 3.8) is 0 Å². The number of rotatable bonds is 5. The lowest BCUT2D eigenvalue weighted by Crippen LogP contribution is -2.38. The van der Waals surface area contributed by atoms with Gasteiger partial charge in [0.25, 0.3) is 0 Å². The third-order valence-corrected chi connectivity index (χ3v) is 3.52. The standard InChI is InChI=1S/C16H23N5O/c1-17-16(18-11-14-9-10-19-21(14)3)20(2)12-13-7-5-6-8-15(13)22-4/h5-10H,11-12H2,1-4H3,(H,17,18). The summed E-state index contributed by atoms with van der Waals surface area (Å²) in [5.41, 5.74) is 2.22. The van der Waals surface area contributed by atoms with Gasteiger partial charge in [0.2, 0.25) is 0 Å². The number of nitrogens with zero attached hydrogens (tertiary/aromatic N) is 4. The highest BCUT2D eigenvalue weighted by Crippen LogP contribution is 2.18. The zero-order valence-corrected chi connectivity index (χ0v) is 13.6. The van der Waals surface area contributed by atoms with Crippen molar-refractivity contribution >= 4 is 5.96 Å². The normalized spacial score (nSPS) is 11.4. The minimum atomic E-state index is 0.680. The molecule has 118 valence electrons. The van der Waals surface area contributed by atoms with Crippen LogP contribution < -0.4 is 10.1 Å². The molecule has 6 heteroatoms. The molecule has 1 aromatic carbocycles. The first kappa shape index (κ1) is 15.9.